The summed E-state index contributed by atoms with van der Waals surface area (Å²) in [5.41, 5.74) is 0. The van der Waals surface area contributed by atoms with Crippen LogP contribution in [0, 0.1) is 0 Å². The van der Waals surface area contributed by atoms with Crippen molar-refractivity contribution in [3.8, 4) is 0 Å². The zero-order valence-corrected chi connectivity index (χ0v) is 7.30. The Morgan fingerprint density at radius 3 is 2.11 bits per heavy atom. The molecule has 0 radical (unpaired) electrons. The average molecular weight is 191 g/mol. The largest absolute Gasteiger partial charge is 0.235 e. The Kier molecular flexibility index (Phi) is 3.85. The molecule has 0 aliphatic rings. The molecular weight excluding hydrogens is 183 g/mol. The van der Waals surface area contributed by atoms with E-state index in [1.807, 2.05) is 0 Å². The van der Waals surface area contributed by atoms with Crippen molar-refractivity contribution in [2.24, 2.45) is 0 Å². The van der Waals surface area contributed by atoms with E-state index in [2.05, 4.69) is 0 Å². The standard InChI is InChI=1S/C4H8Cl2O2S/c1-4(2-3-5)9(6,7)8/h4H,2-3H2,1H3. The van der Waals surface area contributed by atoms with Gasteiger partial charge in [0, 0.05) is 16.6 Å². The molecule has 0 N–H and O–H groups in total. The maximum absolute atomic E-state index is 10.4. The Balaban J connectivity index is 3.90. The molecule has 0 saturated heterocycles. The number of alkyl halides is 1. The molecule has 1 unspecified atom stereocenters. The molecule has 0 aliphatic carbocycles. The fourth-order valence-corrected chi connectivity index (χ4v) is 1.42. The fraction of sp³-hybridized carbons (Fsp3) is 1.00. The molecule has 0 aromatic carbocycles. The van der Waals surface area contributed by atoms with E-state index >= 15 is 0 Å². The molecule has 0 aromatic rings. The van der Waals surface area contributed by atoms with Gasteiger partial charge in [0.15, 0.2) is 0 Å². The van der Waals surface area contributed by atoms with Gasteiger partial charge in [0.05, 0.1) is 5.25 Å². The van der Waals surface area contributed by atoms with Gasteiger partial charge in [-0.15, -0.1) is 11.6 Å². The summed E-state index contributed by atoms with van der Waals surface area (Å²) in [5, 5.41) is -0.531. The number of halogens is 2. The van der Waals surface area contributed by atoms with E-state index < -0.39 is 14.3 Å². The van der Waals surface area contributed by atoms with Gasteiger partial charge in [0.25, 0.3) is 0 Å². The molecule has 9 heavy (non-hydrogen) atoms. The van der Waals surface area contributed by atoms with Crippen molar-refractivity contribution in [3.63, 3.8) is 0 Å². The Labute approximate surface area is 64.6 Å². The third kappa shape index (κ3) is 4.00. The van der Waals surface area contributed by atoms with Crippen molar-refractivity contribution >= 4 is 31.3 Å². The summed E-state index contributed by atoms with van der Waals surface area (Å²) in [7, 11) is 1.60. The minimum absolute atomic E-state index is 0.327. The molecule has 2 nitrogen and oxygen atoms in total. The Bertz CT molecular complexity index is 163. The number of rotatable bonds is 3. The van der Waals surface area contributed by atoms with Gasteiger partial charge < -0.3 is 0 Å². The first-order valence-electron chi connectivity index (χ1n) is 2.48. The SMILES string of the molecule is CC(CCCl)S(=O)(=O)Cl. The fourth-order valence-electron chi connectivity index (χ4n) is 0.294. The molecular formula is C4H8Cl2O2S. The maximum atomic E-state index is 10.4. The first-order valence-corrected chi connectivity index (χ1v) is 5.38. The monoisotopic (exact) mass is 190 g/mol. The van der Waals surface area contributed by atoms with Gasteiger partial charge in [-0.25, -0.2) is 8.42 Å². The van der Waals surface area contributed by atoms with Crippen molar-refractivity contribution in [2.45, 2.75) is 18.6 Å². The third-order valence-electron chi connectivity index (χ3n) is 0.996. The summed E-state index contributed by atoms with van der Waals surface area (Å²) in [6.45, 7) is 1.53. The third-order valence-corrected chi connectivity index (χ3v) is 3.32. The highest BCUT2D eigenvalue weighted by atomic mass is 35.7. The highest BCUT2D eigenvalue weighted by Crippen LogP contribution is 2.10. The molecule has 0 heterocycles. The topological polar surface area (TPSA) is 34.1 Å². The number of hydrogen-bond donors (Lipinski definition) is 0. The zero-order chi connectivity index (χ0) is 7.49. The van der Waals surface area contributed by atoms with Crippen molar-refractivity contribution in [1.29, 1.82) is 0 Å². The lowest BCUT2D eigenvalue weighted by molar-refractivity contribution is 0.596. The van der Waals surface area contributed by atoms with E-state index in [-0.39, 0.29) is 0 Å². The molecule has 5 heteroatoms. The molecule has 1 atom stereocenters. The van der Waals surface area contributed by atoms with Crippen LogP contribution in [0.15, 0.2) is 0 Å². The van der Waals surface area contributed by atoms with E-state index in [4.69, 9.17) is 22.3 Å². The van der Waals surface area contributed by atoms with Crippen LogP contribution in [0.3, 0.4) is 0 Å². The molecule has 0 aliphatic heterocycles. The van der Waals surface area contributed by atoms with Crippen molar-refractivity contribution in [2.75, 3.05) is 5.88 Å². The van der Waals surface area contributed by atoms with E-state index in [1.165, 1.54) is 6.92 Å². The van der Waals surface area contributed by atoms with Crippen LogP contribution in [0.25, 0.3) is 0 Å². The van der Waals surface area contributed by atoms with Gasteiger partial charge in [-0.05, 0) is 13.3 Å². The van der Waals surface area contributed by atoms with Gasteiger partial charge in [-0.3, -0.25) is 0 Å². The molecule has 0 spiro atoms. The van der Waals surface area contributed by atoms with Gasteiger partial charge in [-0.1, -0.05) is 0 Å². The van der Waals surface area contributed by atoms with Crippen LogP contribution in [0.2, 0.25) is 0 Å². The Hall–Kier alpha value is 0.530. The predicted molar refractivity (Wildman–Crippen MR) is 39.6 cm³/mol. The molecule has 0 fully saturated rings. The predicted octanol–water partition coefficient (Wildman–Crippen LogP) is 1.57. The van der Waals surface area contributed by atoms with Gasteiger partial charge in [0.1, 0.15) is 0 Å². The lowest BCUT2D eigenvalue weighted by Gasteiger charge is -2.01. The van der Waals surface area contributed by atoms with Crippen LogP contribution in [0.4, 0.5) is 0 Å². The normalized spacial score (nSPS) is 15.4. The van der Waals surface area contributed by atoms with Crippen molar-refractivity contribution < 1.29 is 8.42 Å². The first kappa shape index (κ1) is 9.53. The summed E-state index contributed by atoms with van der Waals surface area (Å²) in [6.07, 6.45) is 0.410. The molecule has 0 saturated carbocycles. The lowest BCUT2D eigenvalue weighted by atomic mass is 10.4. The second kappa shape index (κ2) is 3.64. The Morgan fingerprint density at radius 2 is 2.00 bits per heavy atom. The van der Waals surface area contributed by atoms with E-state index in [0.717, 1.165) is 0 Å². The smallest absolute Gasteiger partial charge is 0.212 e. The average Bonchev–Trinajstić information content (AvgIpc) is 1.64. The highest BCUT2D eigenvalue weighted by Gasteiger charge is 2.15. The minimum Gasteiger partial charge on any atom is -0.212 e. The van der Waals surface area contributed by atoms with Gasteiger partial charge >= 0.3 is 0 Å². The van der Waals surface area contributed by atoms with E-state index in [9.17, 15) is 8.42 Å². The molecule has 0 aromatic heterocycles. The zero-order valence-electron chi connectivity index (χ0n) is 4.97. The molecule has 0 bridgehead atoms. The number of hydrogen-bond acceptors (Lipinski definition) is 2. The van der Waals surface area contributed by atoms with Crippen LogP contribution in [0.1, 0.15) is 13.3 Å². The lowest BCUT2D eigenvalue weighted by Crippen LogP contribution is -2.11. The molecule has 0 amide bonds. The summed E-state index contributed by atoms with van der Waals surface area (Å²) in [5.74, 6) is 0.327. The van der Waals surface area contributed by atoms with Gasteiger partial charge in [0.2, 0.25) is 9.05 Å². The van der Waals surface area contributed by atoms with Crippen molar-refractivity contribution in [3.05, 3.63) is 0 Å². The van der Waals surface area contributed by atoms with Crippen LogP contribution < -0.4 is 0 Å². The van der Waals surface area contributed by atoms with Crippen LogP contribution in [-0.2, 0) is 9.05 Å². The van der Waals surface area contributed by atoms with E-state index in [0.29, 0.717) is 12.3 Å². The Morgan fingerprint density at radius 1 is 1.56 bits per heavy atom. The second-order valence-electron chi connectivity index (χ2n) is 1.76. The van der Waals surface area contributed by atoms with E-state index in [1.54, 1.807) is 0 Å². The quantitative estimate of drug-likeness (QED) is 0.501. The molecule has 56 valence electrons. The summed E-state index contributed by atoms with van der Waals surface area (Å²) < 4.78 is 20.9. The summed E-state index contributed by atoms with van der Waals surface area (Å²) in [4.78, 5) is 0. The molecule has 0 rings (SSSR count). The van der Waals surface area contributed by atoms with Crippen LogP contribution >= 0.6 is 22.3 Å². The van der Waals surface area contributed by atoms with Gasteiger partial charge in [-0.2, -0.15) is 0 Å². The van der Waals surface area contributed by atoms with Crippen LogP contribution in [0.5, 0.6) is 0 Å². The van der Waals surface area contributed by atoms with Crippen LogP contribution in [-0.4, -0.2) is 19.5 Å². The summed E-state index contributed by atoms with van der Waals surface area (Å²) in [6, 6.07) is 0. The highest BCUT2D eigenvalue weighted by molar-refractivity contribution is 8.14. The van der Waals surface area contributed by atoms with Crippen molar-refractivity contribution in [1.82, 2.24) is 0 Å². The first-order chi connectivity index (χ1) is 3.98. The second-order valence-corrected chi connectivity index (χ2v) is 5.19. The summed E-state index contributed by atoms with van der Waals surface area (Å²) >= 11 is 5.28. The minimum atomic E-state index is -3.38. The maximum Gasteiger partial charge on any atom is 0.235 e.